The zero-order valence-electron chi connectivity index (χ0n) is 9.27. The molecule has 0 saturated heterocycles. The molecule has 2 rings (SSSR count). The molecule has 0 aliphatic heterocycles. The summed E-state index contributed by atoms with van der Waals surface area (Å²) in [4.78, 5) is 11.8. The fraction of sp³-hybridized carbons (Fsp3) is 0.308. The second-order valence-electron chi connectivity index (χ2n) is 4.09. The van der Waals surface area contributed by atoms with Crippen LogP contribution in [0.2, 0.25) is 0 Å². The van der Waals surface area contributed by atoms with E-state index in [-0.39, 0.29) is 11.8 Å². The molecule has 0 spiro atoms. The Morgan fingerprint density at radius 1 is 1.44 bits per heavy atom. The highest BCUT2D eigenvalue weighted by molar-refractivity contribution is 5.97. The molecule has 0 aliphatic rings. The summed E-state index contributed by atoms with van der Waals surface area (Å²) < 4.78 is 5.47. The van der Waals surface area contributed by atoms with Gasteiger partial charge in [0.1, 0.15) is 5.58 Å². The van der Waals surface area contributed by atoms with Crippen molar-refractivity contribution in [3.63, 3.8) is 0 Å². The van der Waals surface area contributed by atoms with E-state index in [4.69, 9.17) is 10.2 Å². The minimum Gasteiger partial charge on any atom is -0.453 e. The molecule has 1 unspecified atom stereocenters. The summed E-state index contributed by atoms with van der Waals surface area (Å²) in [5, 5.41) is 0.964. The van der Waals surface area contributed by atoms with E-state index in [1.165, 1.54) is 0 Å². The standard InChI is InChI=1S/C13H15NO2/c1-9(14)6-7-11(15)13-8-10-4-2-3-5-12(10)16-13/h2-5,8-9H,6-7,14H2,1H3. The first-order valence-electron chi connectivity index (χ1n) is 5.44. The number of furan rings is 1. The lowest BCUT2D eigenvalue weighted by Crippen LogP contribution is -2.16. The van der Waals surface area contributed by atoms with E-state index in [2.05, 4.69) is 0 Å². The summed E-state index contributed by atoms with van der Waals surface area (Å²) in [6, 6.07) is 9.45. The van der Waals surface area contributed by atoms with Gasteiger partial charge < -0.3 is 10.2 Å². The number of para-hydroxylation sites is 1. The Morgan fingerprint density at radius 2 is 2.19 bits per heavy atom. The van der Waals surface area contributed by atoms with Crippen molar-refractivity contribution in [3.05, 3.63) is 36.1 Å². The van der Waals surface area contributed by atoms with Gasteiger partial charge in [-0.05, 0) is 25.5 Å². The second-order valence-corrected chi connectivity index (χ2v) is 4.09. The zero-order chi connectivity index (χ0) is 11.5. The number of carbonyl (C=O) groups is 1. The van der Waals surface area contributed by atoms with E-state index in [0.717, 1.165) is 11.0 Å². The predicted molar refractivity (Wildman–Crippen MR) is 63.4 cm³/mol. The summed E-state index contributed by atoms with van der Waals surface area (Å²) in [6.45, 7) is 1.89. The molecule has 16 heavy (non-hydrogen) atoms. The summed E-state index contributed by atoms with van der Waals surface area (Å²) >= 11 is 0. The molecule has 3 nitrogen and oxygen atoms in total. The number of carbonyl (C=O) groups excluding carboxylic acids is 1. The van der Waals surface area contributed by atoms with E-state index in [1.807, 2.05) is 31.2 Å². The Labute approximate surface area is 94.2 Å². The Bertz CT molecular complexity index is 466. The van der Waals surface area contributed by atoms with Crippen LogP contribution in [0.1, 0.15) is 30.3 Å². The van der Waals surface area contributed by atoms with Gasteiger partial charge in [0.2, 0.25) is 0 Å². The van der Waals surface area contributed by atoms with Gasteiger partial charge in [0.25, 0.3) is 0 Å². The average Bonchev–Trinajstić information content (AvgIpc) is 2.69. The molecule has 1 aromatic heterocycles. The normalized spacial score (nSPS) is 12.9. The van der Waals surface area contributed by atoms with Crippen molar-refractivity contribution < 1.29 is 9.21 Å². The van der Waals surface area contributed by atoms with Crippen molar-refractivity contribution in [2.75, 3.05) is 0 Å². The number of rotatable bonds is 4. The fourth-order valence-electron chi connectivity index (χ4n) is 1.60. The minimum absolute atomic E-state index is 0.0218. The molecule has 0 radical (unpaired) electrons. The van der Waals surface area contributed by atoms with Crippen molar-refractivity contribution in [3.8, 4) is 0 Å². The third-order valence-corrected chi connectivity index (χ3v) is 2.53. The maximum Gasteiger partial charge on any atom is 0.198 e. The van der Waals surface area contributed by atoms with E-state index in [0.29, 0.717) is 18.6 Å². The SMILES string of the molecule is CC(N)CCC(=O)c1cc2ccccc2o1. The molecule has 2 N–H and O–H groups in total. The first kappa shape index (κ1) is 10.9. The maximum absolute atomic E-state index is 11.8. The van der Waals surface area contributed by atoms with Gasteiger partial charge in [-0.25, -0.2) is 0 Å². The number of Topliss-reactive ketones (excluding diaryl/α,β-unsaturated/α-hetero) is 1. The van der Waals surface area contributed by atoms with Crippen LogP contribution >= 0.6 is 0 Å². The summed E-state index contributed by atoms with van der Waals surface area (Å²) in [5.74, 6) is 0.454. The summed E-state index contributed by atoms with van der Waals surface area (Å²) in [6.07, 6.45) is 1.13. The number of ketones is 1. The minimum atomic E-state index is 0.0218. The maximum atomic E-state index is 11.8. The molecule has 0 fully saturated rings. The highest BCUT2D eigenvalue weighted by atomic mass is 16.3. The third-order valence-electron chi connectivity index (χ3n) is 2.53. The van der Waals surface area contributed by atoms with E-state index in [1.54, 1.807) is 6.07 Å². The lowest BCUT2D eigenvalue weighted by Gasteiger charge is -2.01. The van der Waals surface area contributed by atoms with Crippen LogP contribution in [0.5, 0.6) is 0 Å². The number of nitrogens with two attached hydrogens (primary N) is 1. The highest BCUT2D eigenvalue weighted by Gasteiger charge is 2.12. The predicted octanol–water partition coefficient (Wildman–Crippen LogP) is 2.74. The first-order valence-corrected chi connectivity index (χ1v) is 5.44. The number of fused-ring (bicyclic) bond motifs is 1. The first-order chi connectivity index (χ1) is 7.66. The van der Waals surface area contributed by atoms with E-state index in [9.17, 15) is 4.79 Å². The van der Waals surface area contributed by atoms with Crippen molar-refractivity contribution >= 4 is 16.8 Å². The smallest absolute Gasteiger partial charge is 0.198 e. The van der Waals surface area contributed by atoms with Gasteiger partial charge in [0, 0.05) is 17.8 Å². The van der Waals surface area contributed by atoms with Gasteiger partial charge in [0.05, 0.1) is 0 Å². The van der Waals surface area contributed by atoms with Gasteiger partial charge in [-0.1, -0.05) is 18.2 Å². The Kier molecular flexibility index (Phi) is 3.06. The van der Waals surface area contributed by atoms with Gasteiger partial charge in [-0.15, -0.1) is 0 Å². The van der Waals surface area contributed by atoms with Crippen molar-refractivity contribution in [2.24, 2.45) is 5.73 Å². The molecule has 1 aromatic carbocycles. The lowest BCUT2D eigenvalue weighted by atomic mass is 10.1. The average molecular weight is 217 g/mol. The molecule has 0 bridgehead atoms. The van der Waals surface area contributed by atoms with Crippen LogP contribution in [0, 0.1) is 0 Å². The fourth-order valence-corrected chi connectivity index (χ4v) is 1.60. The van der Waals surface area contributed by atoms with Crippen molar-refractivity contribution in [2.45, 2.75) is 25.8 Å². The quantitative estimate of drug-likeness (QED) is 0.801. The van der Waals surface area contributed by atoms with Gasteiger partial charge >= 0.3 is 0 Å². The van der Waals surface area contributed by atoms with E-state index < -0.39 is 0 Å². The number of benzene rings is 1. The van der Waals surface area contributed by atoms with Gasteiger partial charge in [0.15, 0.2) is 11.5 Å². The Balaban J connectivity index is 2.17. The molecule has 0 aliphatic carbocycles. The Hall–Kier alpha value is -1.61. The van der Waals surface area contributed by atoms with Crippen LogP contribution in [0.15, 0.2) is 34.7 Å². The topological polar surface area (TPSA) is 56.2 Å². The molecule has 3 heteroatoms. The molecular formula is C13H15NO2. The summed E-state index contributed by atoms with van der Waals surface area (Å²) in [7, 11) is 0. The number of hydrogen-bond donors (Lipinski definition) is 1. The third kappa shape index (κ3) is 2.31. The Morgan fingerprint density at radius 3 is 2.88 bits per heavy atom. The van der Waals surface area contributed by atoms with Crippen LogP contribution in [-0.4, -0.2) is 11.8 Å². The van der Waals surface area contributed by atoms with Crippen LogP contribution in [0.25, 0.3) is 11.0 Å². The zero-order valence-corrected chi connectivity index (χ0v) is 9.27. The van der Waals surface area contributed by atoms with E-state index >= 15 is 0 Å². The molecular weight excluding hydrogens is 202 g/mol. The molecule has 2 aromatic rings. The number of hydrogen-bond acceptors (Lipinski definition) is 3. The van der Waals surface area contributed by atoms with Crippen LogP contribution in [-0.2, 0) is 0 Å². The molecule has 0 saturated carbocycles. The van der Waals surface area contributed by atoms with Crippen molar-refractivity contribution in [1.29, 1.82) is 0 Å². The van der Waals surface area contributed by atoms with Crippen LogP contribution in [0.4, 0.5) is 0 Å². The molecule has 1 heterocycles. The van der Waals surface area contributed by atoms with Gasteiger partial charge in [-0.3, -0.25) is 4.79 Å². The van der Waals surface area contributed by atoms with Gasteiger partial charge in [-0.2, -0.15) is 0 Å². The van der Waals surface area contributed by atoms with Crippen LogP contribution in [0.3, 0.4) is 0 Å². The second kappa shape index (κ2) is 4.49. The monoisotopic (exact) mass is 217 g/mol. The molecule has 84 valence electrons. The van der Waals surface area contributed by atoms with Crippen molar-refractivity contribution in [1.82, 2.24) is 0 Å². The largest absolute Gasteiger partial charge is 0.453 e. The lowest BCUT2D eigenvalue weighted by molar-refractivity contribution is 0.0953. The molecule has 0 amide bonds. The summed E-state index contributed by atoms with van der Waals surface area (Å²) in [5.41, 5.74) is 6.37. The highest BCUT2D eigenvalue weighted by Crippen LogP contribution is 2.20. The molecule has 1 atom stereocenters. The van der Waals surface area contributed by atoms with Crippen LogP contribution < -0.4 is 5.73 Å².